The number of amides is 1. The fraction of sp³-hybridized carbons (Fsp3) is 0.412. The number of rotatable bonds is 6. The van der Waals surface area contributed by atoms with E-state index in [0.29, 0.717) is 5.69 Å². The largest absolute Gasteiger partial charge is 0.395 e. The quantitative estimate of drug-likeness (QED) is 0.583. The molecule has 0 aliphatic rings. The van der Waals surface area contributed by atoms with Gasteiger partial charge in [0.05, 0.1) is 17.2 Å². The predicted octanol–water partition coefficient (Wildman–Crippen LogP) is 3.75. The van der Waals surface area contributed by atoms with E-state index in [0.717, 1.165) is 18.2 Å². The van der Waals surface area contributed by atoms with Crippen LogP contribution in [0.2, 0.25) is 0 Å². The summed E-state index contributed by atoms with van der Waals surface area (Å²) in [5.74, 6) is -3.66. The average molecular weight is 404 g/mol. The molecular formula is C17H22F2N2O5S. The molecule has 0 atom stereocenters. The van der Waals surface area contributed by atoms with Gasteiger partial charge in [-0.3, -0.25) is 19.2 Å². The molecule has 0 fully saturated rings. The van der Waals surface area contributed by atoms with Gasteiger partial charge in [0.1, 0.15) is 4.75 Å². The Morgan fingerprint density at radius 2 is 1.89 bits per heavy atom. The minimum absolute atomic E-state index is 0.0838. The number of aliphatic hydroxyl groups excluding tert-OH is 1. The molecule has 0 radical (unpaired) electrons. The molecule has 1 heterocycles. The van der Waals surface area contributed by atoms with Crippen molar-refractivity contribution < 1.29 is 32.3 Å². The van der Waals surface area contributed by atoms with Gasteiger partial charge in [-0.2, -0.15) is 10.6 Å². The highest BCUT2D eigenvalue weighted by Gasteiger charge is 2.45. The van der Waals surface area contributed by atoms with Crippen LogP contribution in [-0.4, -0.2) is 36.6 Å². The number of hydrogen-bond donors (Lipinski definition) is 4. The molecule has 2 rings (SSSR count). The molecule has 150 valence electrons. The van der Waals surface area contributed by atoms with Crippen molar-refractivity contribution in [1.82, 2.24) is 5.16 Å². The van der Waals surface area contributed by atoms with E-state index in [-0.39, 0.29) is 12.5 Å². The molecule has 1 aromatic carbocycles. The highest BCUT2D eigenvalue weighted by molar-refractivity contribution is 8.26. The average Bonchev–Trinajstić information content (AvgIpc) is 3.06. The number of benzene rings is 1. The van der Waals surface area contributed by atoms with Gasteiger partial charge in [-0.25, -0.2) is 8.78 Å². The highest BCUT2D eigenvalue weighted by atomic mass is 32.3. The number of anilines is 1. The Morgan fingerprint density at radius 3 is 2.48 bits per heavy atom. The molecule has 0 saturated carbocycles. The molecular weight excluding hydrogens is 382 g/mol. The van der Waals surface area contributed by atoms with E-state index in [1.54, 1.807) is 13.8 Å². The molecule has 0 saturated heterocycles. The summed E-state index contributed by atoms with van der Waals surface area (Å²) in [4.78, 5) is 11.9. The smallest absolute Gasteiger partial charge is 0.252 e. The summed E-state index contributed by atoms with van der Waals surface area (Å²) < 4.78 is 51.6. The summed E-state index contributed by atoms with van der Waals surface area (Å²) in [6.45, 7) is 5.60. The molecule has 2 aromatic rings. The van der Waals surface area contributed by atoms with E-state index in [9.17, 15) is 27.8 Å². The third-order valence-corrected chi connectivity index (χ3v) is 6.85. The van der Waals surface area contributed by atoms with E-state index >= 15 is 0 Å². The third-order valence-electron chi connectivity index (χ3n) is 4.32. The van der Waals surface area contributed by atoms with E-state index < -0.39 is 43.2 Å². The molecule has 0 spiro atoms. The minimum Gasteiger partial charge on any atom is -0.395 e. The summed E-state index contributed by atoms with van der Waals surface area (Å²) in [5, 5.41) is 15.5. The van der Waals surface area contributed by atoms with Crippen molar-refractivity contribution in [2.45, 2.75) is 42.8 Å². The zero-order valence-corrected chi connectivity index (χ0v) is 16.1. The first-order chi connectivity index (χ1) is 12.3. The predicted molar refractivity (Wildman–Crippen MR) is 96.8 cm³/mol. The first kappa shape index (κ1) is 21.3. The molecule has 27 heavy (non-hydrogen) atoms. The zero-order valence-electron chi connectivity index (χ0n) is 15.3. The number of carbonyl (C=O) groups excluding carboxylic acids is 1. The van der Waals surface area contributed by atoms with E-state index in [2.05, 4.69) is 10.5 Å². The maximum absolute atomic E-state index is 14.0. The van der Waals surface area contributed by atoms with Crippen molar-refractivity contribution in [3.63, 3.8) is 0 Å². The standard InChI is InChI=1S/C17H22F2N2O5S/c1-16(2,9-22)12-8-13(26-21-12)20-15(23)17(3,4)27(24,25)11-7-5-6-10(18)14(11)19/h5-8,22,24-25H,9H2,1-4H3,(H,20,23). The van der Waals surface area contributed by atoms with Crippen LogP contribution in [0.1, 0.15) is 33.4 Å². The SMILES string of the molecule is CC(C)(CO)c1cc(NC(=O)C(C)(C)S(O)(O)c2cccc(F)c2F)on1. The van der Waals surface area contributed by atoms with Crippen LogP contribution in [0.15, 0.2) is 33.7 Å². The second-order valence-corrected chi connectivity index (χ2v) is 9.74. The van der Waals surface area contributed by atoms with Crippen LogP contribution in [-0.2, 0) is 10.2 Å². The topological polar surface area (TPSA) is 116 Å². The van der Waals surface area contributed by atoms with Gasteiger partial charge in [-0.15, -0.1) is 0 Å². The number of aliphatic hydroxyl groups is 1. The van der Waals surface area contributed by atoms with Gasteiger partial charge in [-0.1, -0.05) is 25.1 Å². The van der Waals surface area contributed by atoms with Crippen LogP contribution in [0.25, 0.3) is 0 Å². The van der Waals surface area contributed by atoms with Crippen LogP contribution in [0, 0.1) is 11.6 Å². The van der Waals surface area contributed by atoms with Gasteiger partial charge in [0.2, 0.25) is 5.88 Å². The van der Waals surface area contributed by atoms with Crippen molar-refractivity contribution >= 4 is 22.4 Å². The fourth-order valence-electron chi connectivity index (χ4n) is 2.10. The first-order valence-corrected chi connectivity index (χ1v) is 9.50. The number of aromatic nitrogens is 1. The van der Waals surface area contributed by atoms with E-state index in [1.165, 1.54) is 19.9 Å². The van der Waals surface area contributed by atoms with Crippen LogP contribution in [0.3, 0.4) is 0 Å². The number of hydrogen-bond acceptors (Lipinski definition) is 6. The fourth-order valence-corrected chi connectivity index (χ4v) is 3.58. The molecule has 7 nitrogen and oxygen atoms in total. The molecule has 10 heteroatoms. The Hall–Kier alpha value is -2.01. The van der Waals surface area contributed by atoms with Crippen LogP contribution >= 0.6 is 10.6 Å². The molecule has 1 aromatic heterocycles. The number of carbonyl (C=O) groups is 1. The Morgan fingerprint density at radius 1 is 1.26 bits per heavy atom. The summed E-state index contributed by atoms with van der Waals surface area (Å²) in [5.41, 5.74) is -0.337. The molecule has 0 aliphatic carbocycles. The summed E-state index contributed by atoms with van der Waals surface area (Å²) in [6.07, 6.45) is 0. The monoisotopic (exact) mass is 404 g/mol. The lowest BCUT2D eigenvalue weighted by molar-refractivity contribution is -0.118. The lowest BCUT2D eigenvalue weighted by Crippen LogP contribution is -2.42. The lowest BCUT2D eigenvalue weighted by atomic mass is 9.91. The highest BCUT2D eigenvalue weighted by Crippen LogP contribution is 2.60. The van der Waals surface area contributed by atoms with Crippen molar-refractivity contribution in [1.29, 1.82) is 0 Å². The second-order valence-electron chi connectivity index (χ2n) is 7.18. The molecule has 4 N–H and O–H groups in total. The molecule has 0 aliphatic heterocycles. The van der Waals surface area contributed by atoms with Crippen molar-refractivity contribution in [3.05, 3.63) is 41.6 Å². The van der Waals surface area contributed by atoms with Gasteiger partial charge >= 0.3 is 0 Å². The Bertz CT molecular complexity index is 852. The van der Waals surface area contributed by atoms with Crippen molar-refractivity contribution in [2.24, 2.45) is 0 Å². The van der Waals surface area contributed by atoms with Crippen molar-refractivity contribution in [2.75, 3.05) is 11.9 Å². The maximum atomic E-state index is 14.0. The number of nitrogens with zero attached hydrogens (tertiary/aromatic N) is 1. The zero-order chi connectivity index (χ0) is 20.6. The Labute approximate surface area is 156 Å². The molecule has 1 amide bonds. The van der Waals surface area contributed by atoms with Crippen molar-refractivity contribution in [3.8, 4) is 0 Å². The number of halogens is 2. The lowest BCUT2D eigenvalue weighted by Gasteiger charge is -2.44. The van der Waals surface area contributed by atoms with Gasteiger partial charge < -0.3 is 9.63 Å². The van der Waals surface area contributed by atoms with Gasteiger partial charge in [0.15, 0.2) is 11.6 Å². The molecule has 0 unspecified atom stereocenters. The maximum Gasteiger partial charge on any atom is 0.252 e. The molecule has 0 bridgehead atoms. The van der Waals surface area contributed by atoms with Gasteiger partial charge in [-0.05, 0) is 26.0 Å². The van der Waals surface area contributed by atoms with Crippen LogP contribution < -0.4 is 5.32 Å². The first-order valence-electron chi connectivity index (χ1n) is 7.96. The summed E-state index contributed by atoms with van der Waals surface area (Å²) in [6, 6.07) is 4.35. The summed E-state index contributed by atoms with van der Waals surface area (Å²) >= 11 is 0. The van der Waals surface area contributed by atoms with E-state index in [1.807, 2.05) is 0 Å². The Balaban J connectivity index is 2.30. The van der Waals surface area contributed by atoms with Crippen LogP contribution in [0.5, 0.6) is 0 Å². The minimum atomic E-state index is -4.07. The second kappa shape index (κ2) is 7.19. The number of nitrogens with one attached hydrogen (secondary N) is 1. The van der Waals surface area contributed by atoms with Gasteiger partial charge in [0.25, 0.3) is 5.91 Å². The Kier molecular flexibility index (Phi) is 5.67. The van der Waals surface area contributed by atoms with Crippen LogP contribution in [0.4, 0.5) is 14.7 Å². The van der Waals surface area contributed by atoms with E-state index in [4.69, 9.17) is 4.52 Å². The third kappa shape index (κ3) is 3.84. The summed E-state index contributed by atoms with van der Waals surface area (Å²) in [7, 11) is -4.07. The normalized spacial score (nSPS) is 13.5. The van der Waals surface area contributed by atoms with Gasteiger partial charge in [0, 0.05) is 11.5 Å².